The molecule has 2 aliphatic rings. The van der Waals surface area contributed by atoms with E-state index in [0.29, 0.717) is 0 Å². The smallest absolute Gasteiger partial charge is 0.230 e. The number of allylic oxidation sites excluding steroid dienone is 2. The molecular formula is C26H37NO3S. The van der Waals surface area contributed by atoms with E-state index < -0.39 is 5.79 Å². The maximum absolute atomic E-state index is 13.7. The van der Waals surface area contributed by atoms with Crippen LogP contribution in [0.25, 0.3) is 0 Å². The second-order valence-electron chi connectivity index (χ2n) is 9.95. The lowest BCUT2D eigenvalue weighted by atomic mass is 9.85. The van der Waals surface area contributed by atoms with Crippen molar-refractivity contribution < 1.29 is 14.3 Å². The highest BCUT2D eigenvalue weighted by atomic mass is 32.1. The van der Waals surface area contributed by atoms with Crippen LogP contribution >= 0.6 is 11.3 Å². The highest BCUT2D eigenvalue weighted by molar-refractivity contribution is 7.11. The molecule has 1 aromatic rings. The Morgan fingerprint density at radius 2 is 1.87 bits per heavy atom. The molecule has 0 aromatic carbocycles. The predicted molar refractivity (Wildman–Crippen MR) is 128 cm³/mol. The number of hydrogen-bond donors (Lipinski definition) is 0. The fraction of sp³-hybridized carbons (Fsp3) is 0.654. The summed E-state index contributed by atoms with van der Waals surface area (Å²) in [5.41, 5.74) is 2.35. The van der Waals surface area contributed by atoms with Crippen LogP contribution in [-0.4, -0.2) is 32.0 Å². The summed E-state index contributed by atoms with van der Waals surface area (Å²) in [4.78, 5) is 16.8. The van der Waals surface area contributed by atoms with E-state index in [-0.39, 0.29) is 23.3 Å². The molecule has 0 unspecified atom stereocenters. The number of rotatable bonds is 5. The number of anilines is 1. The van der Waals surface area contributed by atoms with Gasteiger partial charge >= 0.3 is 0 Å². The number of nitrogens with zero attached hydrogens (tertiary/aromatic N) is 1. The molecular weight excluding hydrogens is 406 g/mol. The van der Waals surface area contributed by atoms with E-state index in [4.69, 9.17) is 9.47 Å². The first-order valence-corrected chi connectivity index (χ1v) is 12.2. The quantitative estimate of drug-likeness (QED) is 0.311. The zero-order valence-corrected chi connectivity index (χ0v) is 20.7. The maximum Gasteiger partial charge on any atom is 0.230 e. The van der Waals surface area contributed by atoms with Crippen molar-refractivity contribution in [1.29, 1.82) is 0 Å². The number of carbonyl (C=O) groups is 1. The van der Waals surface area contributed by atoms with E-state index in [9.17, 15) is 4.79 Å². The first kappa shape index (κ1) is 24.0. The third-order valence-corrected chi connectivity index (χ3v) is 7.31. The molecule has 0 spiro atoms. The standard InChI is InChI=1S/C26H37NO3S/c1-19-7-9-20(10-8-19)24(28)27(21-11-15-26(29-5,30-6)16-12-21)22-17-23(31-18-22)13-14-25(2,3)4/h7,17-18,20-21H,8-12,15-16H2,1-6H3/t20-/m0/s1. The van der Waals surface area contributed by atoms with Crippen molar-refractivity contribution in [3.8, 4) is 11.8 Å². The third-order valence-electron chi connectivity index (χ3n) is 6.48. The Kier molecular flexibility index (Phi) is 7.68. The molecule has 5 heteroatoms. The zero-order valence-electron chi connectivity index (χ0n) is 19.9. The molecule has 0 saturated heterocycles. The summed E-state index contributed by atoms with van der Waals surface area (Å²) in [6, 6.07) is 2.26. The average molecular weight is 444 g/mol. The van der Waals surface area contributed by atoms with Crippen LogP contribution in [0.2, 0.25) is 0 Å². The minimum absolute atomic E-state index is 0.0427. The van der Waals surface area contributed by atoms with Crippen molar-refractivity contribution in [1.82, 2.24) is 0 Å². The van der Waals surface area contributed by atoms with Crippen molar-refractivity contribution in [3.63, 3.8) is 0 Å². The molecule has 0 N–H and O–H groups in total. The van der Waals surface area contributed by atoms with Crippen molar-refractivity contribution >= 4 is 22.9 Å². The van der Waals surface area contributed by atoms with Crippen molar-refractivity contribution in [2.45, 2.75) is 84.5 Å². The van der Waals surface area contributed by atoms with Crippen LogP contribution in [0, 0.1) is 23.2 Å². The fourth-order valence-corrected chi connectivity index (χ4v) is 5.19. The Balaban J connectivity index is 1.86. The van der Waals surface area contributed by atoms with Crippen molar-refractivity contribution in [2.24, 2.45) is 11.3 Å². The van der Waals surface area contributed by atoms with Gasteiger partial charge in [-0.1, -0.05) is 23.5 Å². The number of hydrogen-bond acceptors (Lipinski definition) is 4. The van der Waals surface area contributed by atoms with E-state index in [2.05, 4.69) is 62.0 Å². The zero-order chi connectivity index (χ0) is 22.6. The summed E-state index contributed by atoms with van der Waals surface area (Å²) in [7, 11) is 3.42. The molecule has 2 aliphatic carbocycles. The summed E-state index contributed by atoms with van der Waals surface area (Å²) >= 11 is 1.63. The van der Waals surface area contributed by atoms with Gasteiger partial charge in [0.15, 0.2) is 5.79 Å². The molecule has 0 aliphatic heterocycles. The normalized spacial score (nSPS) is 21.7. The van der Waals surface area contributed by atoms with Crippen LogP contribution in [-0.2, 0) is 14.3 Å². The van der Waals surface area contributed by atoms with Crippen LogP contribution in [0.3, 0.4) is 0 Å². The topological polar surface area (TPSA) is 38.8 Å². The van der Waals surface area contributed by atoms with Gasteiger partial charge in [-0.3, -0.25) is 4.79 Å². The van der Waals surface area contributed by atoms with E-state index >= 15 is 0 Å². The largest absolute Gasteiger partial charge is 0.353 e. The van der Waals surface area contributed by atoms with Crippen LogP contribution in [0.5, 0.6) is 0 Å². The molecule has 1 atom stereocenters. The first-order chi connectivity index (χ1) is 14.7. The Bertz CT molecular complexity index is 853. The third kappa shape index (κ3) is 6.00. The number of ether oxygens (including phenoxy) is 2. The van der Waals surface area contributed by atoms with E-state index in [1.807, 2.05) is 0 Å². The summed E-state index contributed by atoms with van der Waals surface area (Å²) in [5, 5.41) is 2.10. The second-order valence-corrected chi connectivity index (χ2v) is 10.9. The lowest BCUT2D eigenvalue weighted by molar-refractivity contribution is -0.224. The number of methoxy groups -OCH3 is 2. The lowest BCUT2D eigenvalue weighted by Crippen LogP contribution is -2.49. The summed E-state index contributed by atoms with van der Waals surface area (Å²) in [6.45, 7) is 8.50. The van der Waals surface area contributed by atoms with Crippen LogP contribution < -0.4 is 4.90 Å². The Morgan fingerprint density at radius 3 is 2.42 bits per heavy atom. The lowest BCUT2D eigenvalue weighted by Gasteiger charge is -2.42. The predicted octanol–water partition coefficient (Wildman–Crippen LogP) is 6.16. The minimum atomic E-state index is -0.520. The molecule has 4 nitrogen and oxygen atoms in total. The molecule has 3 rings (SSSR count). The highest BCUT2D eigenvalue weighted by Gasteiger charge is 2.40. The van der Waals surface area contributed by atoms with E-state index in [1.165, 1.54) is 5.57 Å². The van der Waals surface area contributed by atoms with Gasteiger partial charge in [0.2, 0.25) is 5.91 Å². The first-order valence-electron chi connectivity index (χ1n) is 11.4. The van der Waals surface area contributed by atoms with Gasteiger partial charge in [-0.25, -0.2) is 0 Å². The second kappa shape index (κ2) is 9.90. The average Bonchev–Trinajstić information content (AvgIpc) is 3.22. The highest BCUT2D eigenvalue weighted by Crippen LogP contribution is 2.38. The van der Waals surface area contributed by atoms with Gasteiger partial charge in [0.05, 0.1) is 10.6 Å². The maximum atomic E-state index is 13.7. The van der Waals surface area contributed by atoms with Gasteiger partial charge in [-0.2, -0.15) is 0 Å². The molecule has 170 valence electrons. The number of amides is 1. The molecule has 1 aromatic heterocycles. The van der Waals surface area contributed by atoms with E-state index in [0.717, 1.165) is 55.5 Å². The molecule has 0 radical (unpaired) electrons. The van der Waals surface area contributed by atoms with Crippen molar-refractivity contribution in [3.05, 3.63) is 28.0 Å². The monoisotopic (exact) mass is 443 g/mol. The van der Waals surface area contributed by atoms with Gasteiger partial charge in [0, 0.05) is 49.8 Å². The Morgan fingerprint density at radius 1 is 1.19 bits per heavy atom. The number of carbonyl (C=O) groups excluding carboxylic acids is 1. The van der Waals surface area contributed by atoms with Gasteiger partial charge in [-0.05, 0) is 65.9 Å². The Hall–Kier alpha value is -1.61. The van der Waals surface area contributed by atoms with E-state index in [1.54, 1.807) is 25.6 Å². The molecule has 0 bridgehead atoms. The van der Waals surface area contributed by atoms with Gasteiger partial charge in [-0.15, -0.1) is 11.3 Å². The van der Waals surface area contributed by atoms with Crippen LogP contribution in [0.15, 0.2) is 23.1 Å². The van der Waals surface area contributed by atoms with Crippen LogP contribution in [0.1, 0.15) is 77.5 Å². The summed E-state index contributed by atoms with van der Waals surface area (Å²) < 4.78 is 11.3. The molecule has 1 heterocycles. The molecule has 1 fully saturated rings. The number of thiophene rings is 1. The van der Waals surface area contributed by atoms with Gasteiger partial charge < -0.3 is 14.4 Å². The Labute approximate surface area is 192 Å². The molecule has 1 amide bonds. The SMILES string of the molecule is COC1(OC)CCC(N(C(=O)[C@H]2CC=C(C)CC2)c2csc(C#CC(C)(C)C)c2)CC1. The van der Waals surface area contributed by atoms with Crippen LogP contribution in [0.4, 0.5) is 5.69 Å². The fourth-order valence-electron chi connectivity index (χ4n) is 4.46. The van der Waals surface area contributed by atoms with Gasteiger partial charge in [0.1, 0.15) is 0 Å². The molecule has 31 heavy (non-hydrogen) atoms. The van der Waals surface area contributed by atoms with Gasteiger partial charge in [0.25, 0.3) is 0 Å². The molecule has 1 saturated carbocycles. The summed E-state index contributed by atoms with van der Waals surface area (Å²) in [6.07, 6.45) is 8.34. The minimum Gasteiger partial charge on any atom is -0.353 e. The summed E-state index contributed by atoms with van der Waals surface area (Å²) in [5.74, 6) is 6.40. The van der Waals surface area contributed by atoms with Crippen molar-refractivity contribution in [2.75, 3.05) is 19.1 Å².